The molecule has 0 radical (unpaired) electrons. The number of benzene rings is 1. The molecule has 0 heterocycles. The molecule has 1 N–H and O–H groups in total. The Morgan fingerprint density at radius 3 is 2.41 bits per heavy atom. The second kappa shape index (κ2) is 5.14. The minimum Gasteiger partial charge on any atom is -0.496 e. The average Bonchev–Trinajstić information content (AvgIpc) is 2.25. The molecule has 0 aromatic heterocycles. The molecule has 17 heavy (non-hydrogen) atoms. The first kappa shape index (κ1) is 14.1. The number of rotatable bonds is 3. The van der Waals surface area contributed by atoms with Crippen LogP contribution in [0.4, 0.5) is 13.2 Å². The number of methoxy groups -OCH3 is 1. The molecule has 0 aliphatic rings. The lowest BCUT2D eigenvalue weighted by molar-refractivity contribution is -0.137. The fraction of sp³-hybridized carbons (Fsp3) is 0.455. The summed E-state index contributed by atoms with van der Waals surface area (Å²) in [5, 5.41) is 8.97. The summed E-state index contributed by atoms with van der Waals surface area (Å²) >= 11 is 5.80. The summed E-state index contributed by atoms with van der Waals surface area (Å²) < 4.78 is 42.5. The SMILES string of the molecule is COc1cc(C(F)(F)F)cc(Cl)c1C(C)CO. The van der Waals surface area contributed by atoms with Gasteiger partial charge in [-0.05, 0) is 12.1 Å². The van der Waals surface area contributed by atoms with Gasteiger partial charge in [0.2, 0.25) is 0 Å². The molecule has 0 aliphatic heterocycles. The van der Waals surface area contributed by atoms with Crippen molar-refractivity contribution in [2.75, 3.05) is 13.7 Å². The Kier molecular flexibility index (Phi) is 4.27. The normalized spacial score (nSPS) is 13.6. The summed E-state index contributed by atoms with van der Waals surface area (Å²) in [5.41, 5.74) is -0.488. The van der Waals surface area contributed by atoms with Crippen molar-refractivity contribution >= 4 is 11.6 Å². The number of hydrogen-bond acceptors (Lipinski definition) is 2. The maximum Gasteiger partial charge on any atom is 0.416 e. The van der Waals surface area contributed by atoms with Gasteiger partial charge in [0.05, 0.1) is 12.7 Å². The van der Waals surface area contributed by atoms with Crippen molar-refractivity contribution in [2.24, 2.45) is 0 Å². The van der Waals surface area contributed by atoms with Crippen LogP contribution < -0.4 is 4.74 Å². The molecule has 0 saturated heterocycles. The third kappa shape index (κ3) is 3.04. The van der Waals surface area contributed by atoms with Crippen LogP contribution >= 0.6 is 11.6 Å². The predicted molar refractivity (Wildman–Crippen MR) is 58.5 cm³/mol. The summed E-state index contributed by atoms with van der Waals surface area (Å²) in [6.45, 7) is 1.43. The summed E-state index contributed by atoms with van der Waals surface area (Å²) in [6.07, 6.45) is -4.47. The number of hydrogen-bond donors (Lipinski definition) is 1. The van der Waals surface area contributed by atoms with E-state index in [4.69, 9.17) is 21.4 Å². The zero-order valence-corrected chi connectivity index (χ0v) is 10.1. The lowest BCUT2D eigenvalue weighted by atomic mass is 9.99. The van der Waals surface area contributed by atoms with Gasteiger partial charge >= 0.3 is 6.18 Å². The van der Waals surface area contributed by atoms with Crippen LogP contribution in [0.5, 0.6) is 5.75 Å². The van der Waals surface area contributed by atoms with E-state index in [1.807, 2.05) is 0 Å². The highest BCUT2D eigenvalue weighted by Crippen LogP contribution is 2.39. The van der Waals surface area contributed by atoms with E-state index in [0.29, 0.717) is 5.56 Å². The van der Waals surface area contributed by atoms with Crippen molar-refractivity contribution in [3.05, 3.63) is 28.3 Å². The minimum atomic E-state index is -4.47. The fourth-order valence-electron chi connectivity index (χ4n) is 1.49. The van der Waals surface area contributed by atoms with E-state index in [2.05, 4.69) is 0 Å². The number of aliphatic hydroxyl groups is 1. The van der Waals surface area contributed by atoms with E-state index in [0.717, 1.165) is 12.1 Å². The van der Waals surface area contributed by atoms with E-state index >= 15 is 0 Å². The van der Waals surface area contributed by atoms with Crippen molar-refractivity contribution in [1.82, 2.24) is 0 Å². The van der Waals surface area contributed by atoms with Crippen molar-refractivity contribution in [1.29, 1.82) is 0 Å². The van der Waals surface area contributed by atoms with Gasteiger partial charge in [-0.25, -0.2) is 0 Å². The van der Waals surface area contributed by atoms with Gasteiger partial charge in [0, 0.05) is 23.1 Å². The Labute approximate surface area is 102 Å². The second-order valence-electron chi connectivity index (χ2n) is 3.66. The molecule has 1 aromatic carbocycles. The molecule has 0 saturated carbocycles. The molecule has 6 heteroatoms. The van der Waals surface area contributed by atoms with Gasteiger partial charge in [0.15, 0.2) is 0 Å². The van der Waals surface area contributed by atoms with Crippen LogP contribution in [0.25, 0.3) is 0 Å². The molecule has 96 valence electrons. The molecule has 0 fully saturated rings. The van der Waals surface area contributed by atoms with Crippen molar-refractivity contribution < 1.29 is 23.0 Å². The van der Waals surface area contributed by atoms with Crippen molar-refractivity contribution in [3.63, 3.8) is 0 Å². The van der Waals surface area contributed by atoms with Crippen LogP contribution in [0.15, 0.2) is 12.1 Å². The quantitative estimate of drug-likeness (QED) is 0.910. The Morgan fingerprint density at radius 2 is 2.00 bits per heavy atom. The van der Waals surface area contributed by atoms with Gasteiger partial charge in [0.25, 0.3) is 0 Å². The first-order valence-electron chi connectivity index (χ1n) is 4.86. The maximum atomic E-state index is 12.5. The number of alkyl halides is 3. The molecular formula is C11H12ClF3O2. The lowest BCUT2D eigenvalue weighted by Gasteiger charge is -2.17. The highest BCUT2D eigenvalue weighted by molar-refractivity contribution is 6.31. The Morgan fingerprint density at radius 1 is 1.41 bits per heavy atom. The number of ether oxygens (including phenoxy) is 1. The second-order valence-corrected chi connectivity index (χ2v) is 4.06. The van der Waals surface area contributed by atoms with Gasteiger partial charge in [0.1, 0.15) is 5.75 Å². The smallest absolute Gasteiger partial charge is 0.416 e. The lowest BCUT2D eigenvalue weighted by Crippen LogP contribution is -2.09. The highest BCUT2D eigenvalue weighted by atomic mass is 35.5. The predicted octanol–water partition coefficient (Wildman–Crippen LogP) is 3.46. The summed E-state index contributed by atoms with van der Waals surface area (Å²) in [6, 6.07) is 1.72. The molecule has 0 aliphatic carbocycles. The average molecular weight is 269 g/mol. The van der Waals surface area contributed by atoms with Crippen molar-refractivity contribution in [2.45, 2.75) is 19.0 Å². The Hall–Kier alpha value is -0.940. The molecular weight excluding hydrogens is 257 g/mol. The first-order chi connectivity index (χ1) is 7.81. The first-order valence-corrected chi connectivity index (χ1v) is 5.24. The molecule has 0 bridgehead atoms. The van der Waals surface area contributed by atoms with E-state index in [1.165, 1.54) is 7.11 Å². The van der Waals surface area contributed by atoms with Gasteiger partial charge in [-0.1, -0.05) is 18.5 Å². The van der Waals surface area contributed by atoms with Crippen LogP contribution in [0, 0.1) is 0 Å². The molecule has 0 amide bonds. The van der Waals surface area contributed by atoms with Gasteiger partial charge < -0.3 is 9.84 Å². The Balaban J connectivity index is 3.36. The van der Waals surface area contributed by atoms with Crippen LogP contribution in [0.2, 0.25) is 5.02 Å². The molecule has 1 atom stereocenters. The third-order valence-electron chi connectivity index (χ3n) is 2.41. The molecule has 2 nitrogen and oxygen atoms in total. The van der Waals surface area contributed by atoms with Gasteiger partial charge in [-0.3, -0.25) is 0 Å². The number of halogens is 4. The third-order valence-corrected chi connectivity index (χ3v) is 2.72. The number of aliphatic hydroxyl groups excluding tert-OH is 1. The summed E-state index contributed by atoms with van der Waals surface area (Å²) in [4.78, 5) is 0. The highest BCUT2D eigenvalue weighted by Gasteiger charge is 2.32. The van der Waals surface area contributed by atoms with E-state index in [9.17, 15) is 13.2 Å². The summed E-state index contributed by atoms with van der Waals surface area (Å²) in [5.74, 6) is -0.355. The zero-order chi connectivity index (χ0) is 13.2. The van der Waals surface area contributed by atoms with Crippen LogP contribution in [0.3, 0.4) is 0 Å². The fourth-order valence-corrected chi connectivity index (χ4v) is 1.89. The zero-order valence-electron chi connectivity index (χ0n) is 9.31. The topological polar surface area (TPSA) is 29.5 Å². The van der Waals surface area contributed by atoms with E-state index in [1.54, 1.807) is 6.92 Å². The monoisotopic (exact) mass is 268 g/mol. The molecule has 0 spiro atoms. The summed E-state index contributed by atoms with van der Waals surface area (Å²) in [7, 11) is 1.26. The van der Waals surface area contributed by atoms with Gasteiger partial charge in [-0.15, -0.1) is 0 Å². The molecule has 1 aromatic rings. The minimum absolute atomic E-state index is 0.0337. The molecule has 1 rings (SSSR count). The van der Waals surface area contributed by atoms with Gasteiger partial charge in [-0.2, -0.15) is 13.2 Å². The molecule has 1 unspecified atom stereocenters. The van der Waals surface area contributed by atoms with Crippen LogP contribution in [0.1, 0.15) is 24.0 Å². The standard InChI is InChI=1S/C11H12ClF3O2/c1-6(5-16)10-8(12)3-7(11(13,14)15)4-9(10)17-2/h3-4,6,16H,5H2,1-2H3. The van der Waals surface area contributed by atoms with Crippen molar-refractivity contribution in [3.8, 4) is 5.75 Å². The van der Waals surface area contributed by atoms with E-state index in [-0.39, 0.29) is 23.3 Å². The largest absolute Gasteiger partial charge is 0.496 e. The Bertz CT molecular complexity index is 404. The van der Waals surface area contributed by atoms with Crippen LogP contribution in [-0.2, 0) is 6.18 Å². The maximum absolute atomic E-state index is 12.5. The van der Waals surface area contributed by atoms with E-state index < -0.39 is 11.7 Å². The van der Waals surface area contributed by atoms with Crippen LogP contribution in [-0.4, -0.2) is 18.8 Å².